The quantitative estimate of drug-likeness (QED) is 0.521. The van der Waals surface area contributed by atoms with Crippen molar-refractivity contribution in [3.8, 4) is 0 Å². The molecule has 0 spiro atoms. The van der Waals surface area contributed by atoms with Gasteiger partial charge in [0.2, 0.25) is 0 Å². The van der Waals surface area contributed by atoms with Crippen LogP contribution in [0, 0.1) is 0 Å². The van der Waals surface area contributed by atoms with Crippen LogP contribution in [0.3, 0.4) is 0 Å². The molecule has 0 unspecified atom stereocenters. The van der Waals surface area contributed by atoms with Crippen molar-refractivity contribution in [2.75, 3.05) is 0 Å². The van der Waals surface area contributed by atoms with E-state index in [0.29, 0.717) is 15.8 Å². The van der Waals surface area contributed by atoms with Crippen LogP contribution in [0.1, 0.15) is 24.0 Å². The Kier molecular flexibility index (Phi) is 2.07. The number of aryl methyl sites for hydroxylation is 2. The molecule has 0 fully saturated rings. The van der Waals surface area contributed by atoms with Crippen molar-refractivity contribution >= 4 is 11.0 Å². The summed E-state index contributed by atoms with van der Waals surface area (Å²) in [6.07, 6.45) is 4.07. The SMILES string of the molecule is O=c1[nH]c2c3c(ccc2n(O)c1=O)CCCC3. The fourth-order valence-electron chi connectivity index (χ4n) is 2.50. The number of aromatic amines is 1. The number of rotatable bonds is 0. The molecule has 0 atom stereocenters. The van der Waals surface area contributed by atoms with E-state index >= 15 is 0 Å². The monoisotopic (exact) mass is 232 g/mol. The van der Waals surface area contributed by atoms with Crippen LogP contribution in [0.4, 0.5) is 0 Å². The fourth-order valence-corrected chi connectivity index (χ4v) is 2.50. The molecule has 17 heavy (non-hydrogen) atoms. The molecule has 1 heterocycles. The van der Waals surface area contributed by atoms with Crippen LogP contribution in [0.15, 0.2) is 21.7 Å². The summed E-state index contributed by atoms with van der Waals surface area (Å²) in [5.41, 5.74) is 1.49. The van der Waals surface area contributed by atoms with Crippen molar-refractivity contribution in [2.45, 2.75) is 25.7 Å². The van der Waals surface area contributed by atoms with E-state index in [2.05, 4.69) is 4.98 Å². The van der Waals surface area contributed by atoms with Crippen molar-refractivity contribution in [2.24, 2.45) is 0 Å². The highest BCUT2D eigenvalue weighted by Gasteiger charge is 2.16. The van der Waals surface area contributed by atoms with Crippen LogP contribution in [0.25, 0.3) is 11.0 Å². The minimum atomic E-state index is -0.937. The Morgan fingerprint density at radius 3 is 2.76 bits per heavy atom. The molecule has 5 nitrogen and oxygen atoms in total. The third-order valence-electron chi connectivity index (χ3n) is 3.36. The van der Waals surface area contributed by atoms with E-state index in [1.165, 1.54) is 5.56 Å². The molecule has 1 aromatic heterocycles. The lowest BCUT2D eigenvalue weighted by Gasteiger charge is -2.17. The lowest BCUT2D eigenvalue weighted by atomic mass is 9.90. The van der Waals surface area contributed by atoms with Gasteiger partial charge >= 0.3 is 11.1 Å². The molecule has 88 valence electrons. The van der Waals surface area contributed by atoms with Crippen LogP contribution in [0.2, 0.25) is 0 Å². The number of H-pyrrole nitrogens is 1. The second-order valence-electron chi connectivity index (χ2n) is 4.38. The van der Waals surface area contributed by atoms with Crippen LogP contribution < -0.4 is 11.1 Å². The van der Waals surface area contributed by atoms with Gasteiger partial charge in [0.25, 0.3) is 0 Å². The maximum absolute atomic E-state index is 11.4. The van der Waals surface area contributed by atoms with E-state index in [0.717, 1.165) is 31.2 Å². The molecule has 0 amide bonds. The minimum Gasteiger partial charge on any atom is -0.425 e. The number of hydrogen-bond acceptors (Lipinski definition) is 3. The van der Waals surface area contributed by atoms with E-state index in [1.54, 1.807) is 6.07 Å². The van der Waals surface area contributed by atoms with Gasteiger partial charge in [-0.05, 0) is 42.9 Å². The molecule has 3 rings (SSSR count). The van der Waals surface area contributed by atoms with Crippen molar-refractivity contribution in [1.29, 1.82) is 0 Å². The average Bonchev–Trinajstić information content (AvgIpc) is 2.36. The Balaban J connectivity index is 2.48. The first-order valence-corrected chi connectivity index (χ1v) is 5.67. The first-order chi connectivity index (χ1) is 8.18. The van der Waals surface area contributed by atoms with Crippen molar-refractivity contribution < 1.29 is 5.21 Å². The number of aromatic nitrogens is 2. The molecule has 2 aromatic rings. The Morgan fingerprint density at radius 1 is 1.18 bits per heavy atom. The molecular weight excluding hydrogens is 220 g/mol. The van der Waals surface area contributed by atoms with Gasteiger partial charge in [0.1, 0.15) is 5.52 Å². The zero-order valence-corrected chi connectivity index (χ0v) is 9.19. The van der Waals surface area contributed by atoms with E-state index in [-0.39, 0.29) is 0 Å². The minimum absolute atomic E-state index is 0.371. The predicted octanol–water partition coefficient (Wildman–Crippen LogP) is 0.806. The van der Waals surface area contributed by atoms with Crippen molar-refractivity contribution in [1.82, 2.24) is 9.71 Å². The van der Waals surface area contributed by atoms with Gasteiger partial charge in [0.05, 0.1) is 5.52 Å². The van der Waals surface area contributed by atoms with Crippen molar-refractivity contribution in [3.63, 3.8) is 0 Å². The lowest BCUT2D eigenvalue weighted by Crippen LogP contribution is -2.35. The Morgan fingerprint density at radius 2 is 1.94 bits per heavy atom. The lowest BCUT2D eigenvalue weighted by molar-refractivity contribution is 0.186. The molecule has 1 aliphatic carbocycles. The standard InChI is InChI=1S/C12H12N2O3/c15-11-12(16)14(17)9-6-5-7-3-1-2-4-8(7)10(9)13-11/h5-6,17H,1-4H2,(H,13,15). The average molecular weight is 232 g/mol. The number of nitrogens with one attached hydrogen (secondary N) is 1. The molecule has 5 heteroatoms. The zero-order valence-electron chi connectivity index (χ0n) is 9.19. The summed E-state index contributed by atoms with van der Waals surface area (Å²) < 4.78 is 0.434. The van der Waals surface area contributed by atoms with Gasteiger partial charge in [0, 0.05) is 0 Å². The van der Waals surface area contributed by atoms with Gasteiger partial charge in [-0.25, -0.2) is 0 Å². The Hall–Kier alpha value is -2.04. The fraction of sp³-hybridized carbons (Fsp3) is 0.333. The molecule has 0 radical (unpaired) electrons. The summed E-state index contributed by atoms with van der Waals surface area (Å²) in [4.78, 5) is 25.3. The molecule has 1 aromatic carbocycles. The highest BCUT2D eigenvalue weighted by molar-refractivity contribution is 5.79. The number of fused-ring (bicyclic) bond motifs is 3. The van der Waals surface area contributed by atoms with E-state index in [9.17, 15) is 14.8 Å². The van der Waals surface area contributed by atoms with Crippen LogP contribution in [-0.2, 0) is 12.8 Å². The van der Waals surface area contributed by atoms with Gasteiger partial charge in [-0.1, -0.05) is 6.07 Å². The first-order valence-electron chi connectivity index (χ1n) is 5.67. The molecule has 0 bridgehead atoms. The molecular formula is C12H12N2O3. The molecule has 1 aliphatic rings. The summed E-state index contributed by atoms with van der Waals surface area (Å²) >= 11 is 0. The van der Waals surface area contributed by atoms with Gasteiger partial charge in [-0.15, -0.1) is 4.73 Å². The summed E-state index contributed by atoms with van der Waals surface area (Å²) in [7, 11) is 0. The van der Waals surface area contributed by atoms with Gasteiger partial charge < -0.3 is 10.2 Å². The number of benzene rings is 1. The summed E-state index contributed by atoms with van der Waals surface area (Å²) in [6.45, 7) is 0. The summed E-state index contributed by atoms with van der Waals surface area (Å²) in [5, 5.41) is 9.62. The summed E-state index contributed by atoms with van der Waals surface area (Å²) in [6, 6.07) is 3.60. The maximum atomic E-state index is 11.4. The highest BCUT2D eigenvalue weighted by Crippen LogP contribution is 2.26. The van der Waals surface area contributed by atoms with Gasteiger partial charge in [-0.3, -0.25) is 9.59 Å². The first kappa shape index (κ1) is 10.1. The molecule has 0 aliphatic heterocycles. The number of hydrogen-bond donors (Lipinski definition) is 2. The zero-order chi connectivity index (χ0) is 12.0. The van der Waals surface area contributed by atoms with Crippen LogP contribution in [0.5, 0.6) is 0 Å². The largest absolute Gasteiger partial charge is 0.425 e. The third-order valence-corrected chi connectivity index (χ3v) is 3.36. The molecule has 2 N–H and O–H groups in total. The number of nitrogens with zero attached hydrogens (tertiary/aromatic N) is 1. The second-order valence-corrected chi connectivity index (χ2v) is 4.38. The van der Waals surface area contributed by atoms with Crippen molar-refractivity contribution in [3.05, 3.63) is 44.0 Å². The second kappa shape index (κ2) is 3.48. The van der Waals surface area contributed by atoms with Crippen LogP contribution in [-0.4, -0.2) is 14.9 Å². The molecule has 0 saturated carbocycles. The third kappa shape index (κ3) is 1.39. The smallest absolute Gasteiger partial charge is 0.348 e. The highest BCUT2D eigenvalue weighted by atomic mass is 16.5. The van der Waals surface area contributed by atoms with Gasteiger partial charge in [-0.2, -0.15) is 0 Å². The normalized spacial score (nSPS) is 14.8. The topological polar surface area (TPSA) is 75.1 Å². The summed E-state index contributed by atoms with van der Waals surface area (Å²) in [5.74, 6) is 0. The molecule has 0 saturated heterocycles. The van der Waals surface area contributed by atoms with E-state index in [4.69, 9.17) is 0 Å². The maximum Gasteiger partial charge on any atom is 0.348 e. The van der Waals surface area contributed by atoms with Crippen LogP contribution >= 0.6 is 0 Å². The predicted molar refractivity (Wildman–Crippen MR) is 62.7 cm³/mol. The Bertz CT molecular complexity index is 712. The van der Waals surface area contributed by atoms with Gasteiger partial charge in [0.15, 0.2) is 0 Å². The van der Waals surface area contributed by atoms with E-state index in [1.807, 2.05) is 6.07 Å². The Labute approximate surface area is 96.3 Å². The van der Waals surface area contributed by atoms with E-state index < -0.39 is 11.1 Å².